The van der Waals surface area contributed by atoms with Gasteiger partial charge in [0.25, 0.3) is 0 Å². The number of benzene rings is 1. The minimum atomic E-state index is -1.13. The molecule has 132 valence electrons. The quantitative estimate of drug-likeness (QED) is 0.473. The van der Waals surface area contributed by atoms with E-state index in [1.807, 2.05) is 0 Å². The van der Waals surface area contributed by atoms with Crippen molar-refractivity contribution in [3.63, 3.8) is 0 Å². The zero-order valence-electron chi connectivity index (χ0n) is 12.5. The molecule has 1 aliphatic rings. The number of hydrogen-bond donors (Lipinski definition) is 3. The van der Waals surface area contributed by atoms with Gasteiger partial charge >= 0.3 is 11.9 Å². The third-order valence-corrected chi connectivity index (χ3v) is 4.11. The molecule has 1 fully saturated rings. The van der Waals surface area contributed by atoms with E-state index in [-0.39, 0.29) is 17.3 Å². The highest BCUT2D eigenvalue weighted by Gasteiger charge is 2.32. The van der Waals surface area contributed by atoms with Crippen molar-refractivity contribution in [1.82, 2.24) is 5.32 Å². The largest absolute Gasteiger partial charge is 0.481 e. The Labute approximate surface area is 150 Å². The van der Waals surface area contributed by atoms with Gasteiger partial charge in [-0.2, -0.15) is 5.10 Å². The average Bonchev–Trinajstić information content (AvgIpc) is 2.85. The van der Waals surface area contributed by atoms with E-state index in [4.69, 9.17) is 26.6 Å². The average molecular weight is 386 g/mol. The van der Waals surface area contributed by atoms with Crippen molar-refractivity contribution < 1.29 is 29.3 Å². The Morgan fingerprint density at radius 2 is 2.12 bits per heavy atom. The van der Waals surface area contributed by atoms with Crippen LogP contribution in [0.25, 0.3) is 0 Å². The van der Waals surface area contributed by atoms with Crippen LogP contribution in [-0.2, 0) is 14.4 Å². The van der Waals surface area contributed by atoms with Gasteiger partial charge in [-0.05, 0) is 18.2 Å². The lowest BCUT2D eigenvalue weighted by atomic mass is 10.2. The van der Waals surface area contributed by atoms with Crippen molar-refractivity contribution in [3.8, 4) is 5.75 Å². The molecule has 0 spiro atoms. The lowest BCUT2D eigenvalue weighted by Gasteiger charge is -2.06. The number of amides is 1. The Morgan fingerprint density at radius 3 is 2.80 bits per heavy atom. The molecule has 25 heavy (non-hydrogen) atoms. The van der Waals surface area contributed by atoms with Crippen LogP contribution < -0.4 is 10.1 Å². The first-order chi connectivity index (χ1) is 11.8. The molecule has 1 aliphatic heterocycles. The van der Waals surface area contributed by atoms with Crippen LogP contribution in [0, 0.1) is 0 Å². The fourth-order valence-electron chi connectivity index (χ4n) is 1.78. The van der Waals surface area contributed by atoms with Gasteiger partial charge in [-0.25, -0.2) is 4.79 Å². The summed E-state index contributed by atoms with van der Waals surface area (Å²) in [4.78, 5) is 32.8. The Balaban J connectivity index is 2.09. The number of halogens is 1. The summed E-state index contributed by atoms with van der Waals surface area (Å²) in [5.41, 5.74) is 0.398. The van der Waals surface area contributed by atoms with Crippen molar-refractivity contribution >= 4 is 52.6 Å². The van der Waals surface area contributed by atoms with Gasteiger partial charge in [0.2, 0.25) is 5.91 Å². The first-order valence-electron chi connectivity index (χ1n) is 6.79. The standard InChI is InChI=1S/C14H12ClN3O6S/c15-8-1-2-9(24-6-12(21)22)7(3-8)5-16-18-14-17-13(23)10(25-14)4-11(19)20/h1-3,5,10H,4,6H2,(H,19,20)(H,21,22)(H,17,18,23). The van der Waals surface area contributed by atoms with Gasteiger partial charge in [0.1, 0.15) is 11.0 Å². The second-order valence-electron chi connectivity index (χ2n) is 4.71. The van der Waals surface area contributed by atoms with E-state index in [0.717, 1.165) is 11.8 Å². The van der Waals surface area contributed by atoms with Crippen LogP contribution in [0.2, 0.25) is 5.02 Å². The summed E-state index contributed by atoms with van der Waals surface area (Å²) in [7, 11) is 0. The Kier molecular flexibility index (Phi) is 6.37. The molecule has 1 aromatic rings. The molecule has 0 aliphatic carbocycles. The molecule has 1 saturated heterocycles. The van der Waals surface area contributed by atoms with Crippen molar-refractivity contribution in [2.75, 3.05) is 6.61 Å². The number of hydrogen-bond acceptors (Lipinski definition) is 7. The van der Waals surface area contributed by atoms with Gasteiger partial charge in [0.15, 0.2) is 11.8 Å². The van der Waals surface area contributed by atoms with Gasteiger partial charge in [0, 0.05) is 10.6 Å². The number of ether oxygens (including phenoxy) is 1. The maximum atomic E-state index is 11.6. The van der Waals surface area contributed by atoms with E-state index in [2.05, 4.69) is 15.5 Å². The number of thioether (sulfide) groups is 1. The Morgan fingerprint density at radius 1 is 1.36 bits per heavy atom. The zero-order valence-corrected chi connectivity index (χ0v) is 14.1. The molecule has 0 bridgehead atoms. The summed E-state index contributed by atoms with van der Waals surface area (Å²) in [6, 6.07) is 4.54. The predicted octanol–water partition coefficient (Wildman–Crippen LogP) is 1.20. The second kappa shape index (κ2) is 8.49. The Hall–Kier alpha value is -2.59. The summed E-state index contributed by atoms with van der Waals surface area (Å²) in [5.74, 6) is -2.42. The van der Waals surface area contributed by atoms with Crippen LogP contribution in [0.15, 0.2) is 28.4 Å². The number of amidine groups is 1. The fraction of sp³-hybridized carbons (Fsp3) is 0.214. The molecule has 0 radical (unpaired) electrons. The van der Waals surface area contributed by atoms with Crippen LogP contribution in [-0.4, -0.2) is 51.3 Å². The first kappa shape index (κ1) is 18.7. The lowest BCUT2D eigenvalue weighted by molar-refractivity contribution is -0.139. The smallest absolute Gasteiger partial charge is 0.341 e. The molecular formula is C14H12ClN3O6S. The molecule has 1 atom stereocenters. The molecule has 3 N–H and O–H groups in total. The number of carboxylic acids is 2. The summed E-state index contributed by atoms with van der Waals surface area (Å²) in [6.45, 7) is -0.528. The van der Waals surface area contributed by atoms with Crippen LogP contribution in [0.5, 0.6) is 5.75 Å². The van der Waals surface area contributed by atoms with E-state index in [1.54, 1.807) is 0 Å². The number of carbonyl (C=O) groups excluding carboxylic acids is 1. The third-order valence-electron chi connectivity index (χ3n) is 2.80. The number of carboxylic acid groups (broad SMARTS) is 2. The van der Waals surface area contributed by atoms with Crippen LogP contribution >= 0.6 is 23.4 Å². The molecule has 2 rings (SSSR count). The van der Waals surface area contributed by atoms with Gasteiger partial charge in [-0.3, -0.25) is 9.59 Å². The normalized spacial score (nSPS) is 18.5. The highest BCUT2D eigenvalue weighted by molar-refractivity contribution is 8.15. The molecule has 11 heteroatoms. The highest BCUT2D eigenvalue weighted by Crippen LogP contribution is 2.23. The first-order valence-corrected chi connectivity index (χ1v) is 8.05. The molecule has 9 nitrogen and oxygen atoms in total. The molecule has 0 aromatic heterocycles. The number of carbonyl (C=O) groups is 3. The molecule has 1 unspecified atom stereocenters. The lowest BCUT2D eigenvalue weighted by Crippen LogP contribution is -2.26. The van der Waals surface area contributed by atoms with Crippen molar-refractivity contribution in [3.05, 3.63) is 28.8 Å². The number of nitrogens with one attached hydrogen (secondary N) is 1. The zero-order chi connectivity index (χ0) is 18.4. The van der Waals surface area contributed by atoms with Gasteiger partial charge in [0.05, 0.1) is 12.6 Å². The number of nitrogens with zero attached hydrogens (tertiary/aromatic N) is 2. The molecule has 1 heterocycles. The SMILES string of the molecule is O=C(O)COc1ccc(Cl)cc1C=NN=C1NC(=O)C(CC(=O)O)S1. The predicted molar refractivity (Wildman–Crippen MR) is 91.4 cm³/mol. The minimum Gasteiger partial charge on any atom is -0.481 e. The highest BCUT2D eigenvalue weighted by atomic mass is 35.5. The van der Waals surface area contributed by atoms with E-state index < -0.39 is 29.7 Å². The van der Waals surface area contributed by atoms with E-state index in [9.17, 15) is 14.4 Å². The topological polar surface area (TPSA) is 138 Å². The summed E-state index contributed by atoms with van der Waals surface area (Å²) in [5, 5.41) is 27.2. The molecule has 0 saturated carbocycles. The van der Waals surface area contributed by atoms with Crippen molar-refractivity contribution in [2.45, 2.75) is 11.7 Å². The maximum absolute atomic E-state index is 11.6. The second-order valence-corrected chi connectivity index (χ2v) is 6.34. The monoisotopic (exact) mass is 385 g/mol. The summed E-state index contributed by atoms with van der Waals surface area (Å²) >= 11 is 6.85. The van der Waals surface area contributed by atoms with Gasteiger partial charge < -0.3 is 20.3 Å². The molecular weight excluding hydrogens is 374 g/mol. The fourth-order valence-corrected chi connectivity index (χ4v) is 2.88. The van der Waals surface area contributed by atoms with Crippen LogP contribution in [0.1, 0.15) is 12.0 Å². The maximum Gasteiger partial charge on any atom is 0.341 e. The van der Waals surface area contributed by atoms with E-state index >= 15 is 0 Å². The van der Waals surface area contributed by atoms with E-state index in [1.165, 1.54) is 24.4 Å². The Bertz CT molecular complexity index is 767. The minimum absolute atomic E-state index is 0.169. The van der Waals surface area contributed by atoms with Crippen molar-refractivity contribution in [1.29, 1.82) is 0 Å². The third kappa shape index (κ3) is 5.76. The van der Waals surface area contributed by atoms with Crippen LogP contribution in [0.3, 0.4) is 0 Å². The van der Waals surface area contributed by atoms with Gasteiger partial charge in [-0.1, -0.05) is 23.4 Å². The summed E-state index contributed by atoms with van der Waals surface area (Å²) < 4.78 is 5.12. The molecule has 1 aromatic carbocycles. The van der Waals surface area contributed by atoms with E-state index in [0.29, 0.717) is 10.6 Å². The summed E-state index contributed by atoms with van der Waals surface area (Å²) in [6.07, 6.45) is 0.966. The number of rotatable bonds is 7. The van der Waals surface area contributed by atoms with Gasteiger partial charge in [-0.15, -0.1) is 5.10 Å². The molecule has 1 amide bonds. The van der Waals surface area contributed by atoms with Crippen molar-refractivity contribution in [2.24, 2.45) is 10.2 Å². The number of aliphatic carboxylic acids is 2. The van der Waals surface area contributed by atoms with Crippen LogP contribution in [0.4, 0.5) is 0 Å².